The summed E-state index contributed by atoms with van der Waals surface area (Å²) in [6, 6.07) is 12.1. The van der Waals surface area contributed by atoms with Crippen molar-refractivity contribution in [2.75, 3.05) is 14.2 Å². The lowest BCUT2D eigenvalue weighted by molar-refractivity contribution is 0.290. The van der Waals surface area contributed by atoms with Gasteiger partial charge in [-0.25, -0.2) is 0 Å². The van der Waals surface area contributed by atoms with Gasteiger partial charge in [-0.2, -0.15) is 18.4 Å². The third-order valence-electron chi connectivity index (χ3n) is 3.75. The zero-order valence-electron chi connectivity index (χ0n) is 14.6. The van der Waals surface area contributed by atoms with Crippen LogP contribution in [0.1, 0.15) is 11.4 Å². The van der Waals surface area contributed by atoms with Crippen molar-refractivity contribution in [3.05, 3.63) is 53.9 Å². The fourth-order valence-electron chi connectivity index (χ4n) is 2.51. The van der Waals surface area contributed by atoms with Crippen molar-refractivity contribution >= 4 is 20.9 Å². The second-order valence-electron chi connectivity index (χ2n) is 5.57. The molecule has 7 nitrogen and oxygen atoms in total. The van der Waals surface area contributed by atoms with E-state index in [0.717, 1.165) is 10.9 Å². The Morgan fingerprint density at radius 3 is 2.31 bits per heavy atom. The van der Waals surface area contributed by atoms with Gasteiger partial charge in [-0.1, -0.05) is 35.9 Å². The van der Waals surface area contributed by atoms with Crippen LogP contribution in [0.15, 0.2) is 47.4 Å². The Morgan fingerprint density at radius 2 is 1.65 bits per heavy atom. The topological polar surface area (TPSA) is 87.6 Å². The van der Waals surface area contributed by atoms with E-state index in [2.05, 4.69) is 9.97 Å². The third kappa shape index (κ3) is 3.76. The molecule has 1 heterocycles. The van der Waals surface area contributed by atoms with Crippen LogP contribution in [0.25, 0.3) is 10.8 Å². The van der Waals surface area contributed by atoms with Crippen LogP contribution in [0.4, 0.5) is 0 Å². The van der Waals surface area contributed by atoms with E-state index in [-0.39, 0.29) is 29.1 Å². The largest absolute Gasteiger partial charge is 0.481 e. The maximum atomic E-state index is 12.7. The fourth-order valence-corrected chi connectivity index (χ4v) is 3.60. The molecule has 3 aromatic rings. The number of nitrogens with zero attached hydrogens (tertiary/aromatic N) is 2. The minimum atomic E-state index is -4.00. The van der Waals surface area contributed by atoms with Gasteiger partial charge < -0.3 is 9.47 Å². The minimum absolute atomic E-state index is 0.102. The highest BCUT2D eigenvalue weighted by Gasteiger charge is 2.19. The standard InChI is InChI=1S/C18H18N2O5S/c1-12-7-8-14-13(9-12)5-4-6-15(14)26(21,22)25-11-16-19-17(23-2)10-18(20-16)24-3/h4-10H,11H2,1-3H3. The third-order valence-corrected chi connectivity index (χ3v) is 5.07. The Kier molecular flexibility index (Phi) is 5.06. The SMILES string of the molecule is COc1cc(OC)nc(COS(=O)(=O)c2cccc3cc(C)ccc23)n1. The molecule has 0 atom stereocenters. The van der Waals surface area contributed by atoms with E-state index in [9.17, 15) is 8.42 Å². The molecule has 8 heteroatoms. The first-order valence-electron chi connectivity index (χ1n) is 7.77. The number of rotatable bonds is 6. The van der Waals surface area contributed by atoms with Gasteiger partial charge in [0.15, 0.2) is 5.82 Å². The molecule has 0 radical (unpaired) electrons. The summed E-state index contributed by atoms with van der Waals surface area (Å²) in [4.78, 5) is 8.24. The number of ether oxygens (including phenoxy) is 2. The number of benzene rings is 2. The molecule has 3 rings (SSSR count). The number of aryl methyl sites for hydroxylation is 1. The van der Waals surface area contributed by atoms with E-state index in [1.54, 1.807) is 12.1 Å². The van der Waals surface area contributed by atoms with Crippen LogP contribution in [-0.2, 0) is 20.9 Å². The van der Waals surface area contributed by atoms with E-state index in [1.165, 1.54) is 26.4 Å². The van der Waals surface area contributed by atoms with Gasteiger partial charge in [-0.3, -0.25) is 4.18 Å². The van der Waals surface area contributed by atoms with Crippen molar-refractivity contribution in [3.8, 4) is 11.8 Å². The van der Waals surface area contributed by atoms with Crippen molar-refractivity contribution in [1.29, 1.82) is 0 Å². The molecule has 0 fully saturated rings. The van der Waals surface area contributed by atoms with E-state index < -0.39 is 10.1 Å². The quantitative estimate of drug-likeness (QED) is 0.613. The summed E-state index contributed by atoms with van der Waals surface area (Å²) in [6.45, 7) is 1.61. The van der Waals surface area contributed by atoms with Crippen LogP contribution >= 0.6 is 0 Å². The Morgan fingerprint density at radius 1 is 0.962 bits per heavy atom. The first kappa shape index (κ1) is 18.1. The summed E-state index contributed by atoms with van der Waals surface area (Å²) in [5, 5.41) is 1.43. The highest BCUT2D eigenvalue weighted by atomic mass is 32.2. The molecule has 0 aliphatic heterocycles. The summed E-state index contributed by atoms with van der Waals surface area (Å²) in [5.74, 6) is 0.655. The lowest BCUT2D eigenvalue weighted by Crippen LogP contribution is -2.10. The van der Waals surface area contributed by atoms with Gasteiger partial charge in [0.2, 0.25) is 11.8 Å². The smallest absolute Gasteiger partial charge is 0.298 e. The summed E-state index contributed by atoms with van der Waals surface area (Å²) in [7, 11) is -1.11. The lowest BCUT2D eigenvalue weighted by atomic mass is 10.1. The van der Waals surface area contributed by atoms with E-state index in [4.69, 9.17) is 13.7 Å². The van der Waals surface area contributed by atoms with Crippen molar-refractivity contribution in [1.82, 2.24) is 9.97 Å². The summed E-state index contributed by atoms with van der Waals surface area (Å²) in [5.41, 5.74) is 1.05. The normalized spacial score (nSPS) is 11.5. The molecule has 0 saturated carbocycles. The molecule has 0 aliphatic rings. The number of hydrogen-bond donors (Lipinski definition) is 0. The summed E-state index contributed by atoms with van der Waals surface area (Å²) in [6.07, 6.45) is 0. The van der Waals surface area contributed by atoms with Crippen LogP contribution in [0.5, 0.6) is 11.8 Å². The van der Waals surface area contributed by atoms with Crippen LogP contribution in [0, 0.1) is 6.92 Å². The molecule has 26 heavy (non-hydrogen) atoms. The Bertz CT molecular complexity index is 1030. The molecular formula is C18H18N2O5S. The second kappa shape index (κ2) is 7.27. The molecule has 2 aromatic carbocycles. The van der Waals surface area contributed by atoms with Crippen LogP contribution < -0.4 is 9.47 Å². The highest BCUT2D eigenvalue weighted by Crippen LogP contribution is 2.26. The van der Waals surface area contributed by atoms with Gasteiger partial charge >= 0.3 is 0 Å². The monoisotopic (exact) mass is 374 g/mol. The molecule has 1 aromatic heterocycles. The summed E-state index contributed by atoms with van der Waals surface area (Å²) < 4.78 is 40.6. The minimum Gasteiger partial charge on any atom is -0.481 e. The van der Waals surface area contributed by atoms with Gasteiger partial charge in [-0.15, -0.1) is 0 Å². The molecular weight excluding hydrogens is 356 g/mol. The van der Waals surface area contributed by atoms with Gasteiger partial charge in [0.25, 0.3) is 10.1 Å². The van der Waals surface area contributed by atoms with Crippen LogP contribution in [-0.4, -0.2) is 32.6 Å². The fraction of sp³-hybridized carbons (Fsp3) is 0.222. The molecule has 0 unspecified atom stereocenters. The molecule has 0 bridgehead atoms. The van der Waals surface area contributed by atoms with Crippen molar-refractivity contribution in [2.45, 2.75) is 18.4 Å². The lowest BCUT2D eigenvalue weighted by Gasteiger charge is -2.10. The molecule has 0 amide bonds. The van der Waals surface area contributed by atoms with Crippen LogP contribution in [0.3, 0.4) is 0 Å². The van der Waals surface area contributed by atoms with E-state index in [1.807, 2.05) is 25.1 Å². The Balaban J connectivity index is 1.91. The number of aromatic nitrogens is 2. The molecule has 0 aliphatic carbocycles. The molecule has 0 saturated heterocycles. The zero-order valence-corrected chi connectivity index (χ0v) is 15.4. The van der Waals surface area contributed by atoms with Crippen LogP contribution in [0.2, 0.25) is 0 Å². The number of methoxy groups -OCH3 is 2. The molecule has 0 N–H and O–H groups in total. The predicted molar refractivity (Wildman–Crippen MR) is 95.8 cm³/mol. The Hall–Kier alpha value is -2.71. The summed E-state index contributed by atoms with van der Waals surface area (Å²) >= 11 is 0. The van der Waals surface area contributed by atoms with Gasteiger partial charge in [-0.05, 0) is 18.4 Å². The van der Waals surface area contributed by atoms with Crippen molar-refractivity contribution < 1.29 is 22.1 Å². The zero-order chi connectivity index (χ0) is 18.7. The number of fused-ring (bicyclic) bond motifs is 1. The van der Waals surface area contributed by atoms with Crippen molar-refractivity contribution in [2.24, 2.45) is 0 Å². The maximum Gasteiger partial charge on any atom is 0.298 e. The van der Waals surface area contributed by atoms with Gasteiger partial charge in [0, 0.05) is 5.39 Å². The predicted octanol–water partition coefficient (Wildman–Crippen LogP) is 2.86. The second-order valence-corrected chi connectivity index (χ2v) is 7.15. The Labute approximate surface area is 151 Å². The maximum absolute atomic E-state index is 12.7. The number of hydrogen-bond acceptors (Lipinski definition) is 7. The van der Waals surface area contributed by atoms with Gasteiger partial charge in [0.05, 0.1) is 20.3 Å². The average Bonchev–Trinajstić information content (AvgIpc) is 2.65. The highest BCUT2D eigenvalue weighted by molar-refractivity contribution is 7.87. The van der Waals surface area contributed by atoms with Gasteiger partial charge in [0.1, 0.15) is 11.5 Å². The molecule has 136 valence electrons. The average molecular weight is 374 g/mol. The first-order valence-corrected chi connectivity index (χ1v) is 9.18. The first-order chi connectivity index (χ1) is 12.4. The van der Waals surface area contributed by atoms with Crippen molar-refractivity contribution in [3.63, 3.8) is 0 Å². The van der Waals surface area contributed by atoms with E-state index in [0.29, 0.717) is 5.39 Å². The van der Waals surface area contributed by atoms with E-state index >= 15 is 0 Å². The molecule has 0 spiro atoms.